The number of nitrogens with zero attached hydrogens (tertiary/aromatic N) is 3. The van der Waals surface area contributed by atoms with Gasteiger partial charge in [-0.05, 0) is 82.3 Å². The number of carbonyl (C=O) groups is 1. The third kappa shape index (κ3) is 6.21. The van der Waals surface area contributed by atoms with Gasteiger partial charge in [0.25, 0.3) is 0 Å². The Labute approximate surface area is 182 Å². The summed E-state index contributed by atoms with van der Waals surface area (Å²) in [5.74, 6) is 1.47. The second kappa shape index (κ2) is 11.1. The quantitative estimate of drug-likeness (QED) is 0.597. The van der Waals surface area contributed by atoms with Crippen molar-refractivity contribution in [1.82, 2.24) is 14.7 Å². The van der Waals surface area contributed by atoms with E-state index in [0.717, 1.165) is 31.4 Å². The topological polar surface area (TPSA) is 39.9 Å². The Morgan fingerprint density at radius 2 is 1.90 bits per heavy atom. The zero-order valence-corrected chi connectivity index (χ0v) is 18.5. The second-order valence-electron chi connectivity index (χ2n) is 9.48. The molecule has 5 nitrogen and oxygen atoms in total. The molecular weight excluding hydrogens is 374 g/mol. The summed E-state index contributed by atoms with van der Waals surface area (Å²) >= 11 is 0. The number of amides is 1. The van der Waals surface area contributed by atoms with Gasteiger partial charge in [-0.15, -0.1) is 0 Å². The van der Waals surface area contributed by atoms with Gasteiger partial charge in [-0.3, -0.25) is 4.79 Å². The number of piperidine rings is 2. The van der Waals surface area contributed by atoms with Gasteiger partial charge in [0.1, 0.15) is 5.76 Å². The fourth-order valence-corrected chi connectivity index (χ4v) is 5.54. The molecular formula is C25H39N3O2. The standard InChI is InChI=1S/C25H39N3O2/c29-25(13-12-24-11-7-19-30-24)28(18-17-26-14-4-1-5-15-26)21-22-8-6-16-27(20-22)23-9-2-3-10-23/h7,11-13,19,22-23H,1-6,8-10,14-18,20-21H2/b13-12+/t22-/m1/s1. The molecule has 2 saturated heterocycles. The molecule has 0 bridgehead atoms. The Bertz CT molecular complexity index is 660. The van der Waals surface area contributed by atoms with Crippen molar-refractivity contribution in [2.75, 3.05) is 45.8 Å². The number of hydrogen-bond acceptors (Lipinski definition) is 4. The molecule has 4 rings (SSSR count). The van der Waals surface area contributed by atoms with Crippen LogP contribution in [0.3, 0.4) is 0 Å². The van der Waals surface area contributed by atoms with E-state index in [1.165, 1.54) is 84.0 Å². The average molecular weight is 414 g/mol. The fourth-order valence-electron chi connectivity index (χ4n) is 5.54. The summed E-state index contributed by atoms with van der Waals surface area (Å²) in [6.07, 6.45) is 17.2. The molecule has 0 aromatic carbocycles. The average Bonchev–Trinajstić information content (AvgIpc) is 3.50. The summed E-state index contributed by atoms with van der Waals surface area (Å²) in [5.41, 5.74) is 0. The van der Waals surface area contributed by atoms with Crippen LogP contribution in [-0.4, -0.2) is 72.5 Å². The van der Waals surface area contributed by atoms with E-state index in [-0.39, 0.29) is 5.91 Å². The Hall–Kier alpha value is -1.59. The van der Waals surface area contributed by atoms with E-state index in [0.29, 0.717) is 5.92 Å². The van der Waals surface area contributed by atoms with Gasteiger partial charge in [0.2, 0.25) is 5.91 Å². The number of rotatable bonds is 8. The van der Waals surface area contributed by atoms with E-state index in [9.17, 15) is 4.79 Å². The van der Waals surface area contributed by atoms with Gasteiger partial charge in [0.15, 0.2) is 0 Å². The molecule has 1 aliphatic carbocycles. The Balaban J connectivity index is 1.35. The first-order chi connectivity index (χ1) is 14.8. The van der Waals surface area contributed by atoms with E-state index in [4.69, 9.17) is 4.42 Å². The minimum absolute atomic E-state index is 0.126. The van der Waals surface area contributed by atoms with Crippen molar-refractivity contribution >= 4 is 12.0 Å². The third-order valence-electron chi connectivity index (χ3n) is 7.25. The zero-order chi connectivity index (χ0) is 20.6. The second-order valence-corrected chi connectivity index (χ2v) is 9.48. The zero-order valence-electron chi connectivity index (χ0n) is 18.5. The van der Waals surface area contributed by atoms with Crippen LogP contribution in [0.25, 0.3) is 6.08 Å². The summed E-state index contributed by atoms with van der Waals surface area (Å²) in [6.45, 7) is 7.51. The molecule has 0 spiro atoms. The first-order valence-electron chi connectivity index (χ1n) is 12.2. The molecule has 1 amide bonds. The predicted octanol–water partition coefficient (Wildman–Crippen LogP) is 4.26. The van der Waals surface area contributed by atoms with Crippen LogP contribution in [0.15, 0.2) is 28.9 Å². The van der Waals surface area contributed by atoms with Crippen molar-refractivity contribution < 1.29 is 9.21 Å². The van der Waals surface area contributed by atoms with E-state index in [1.54, 1.807) is 12.3 Å². The van der Waals surface area contributed by atoms with Crippen LogP contribution >= 0.6 is 0 Å². The van der Waals surface area contributed by atoms with Gasteiger partial charge in [0, 0.05) is 38.3 Å². The lowest BCUT2D eigenvalue weighted by atomic mass is 9.95. The molecule has 5 heteroatoms. The van der Waals surface area contributed by atoms with Crippen molar-refractivity contribution in [3.63, 3.8) is 0 Å². The third-order valence-corrected chi connectivity index (χ3v) is 7.25. The van der Waals surface area contributed by atoms with Crippen molar-refractivity contribution in [3.8, 4) is 0 Å². The molecule has 1 atom stereocenters. The smallest absolute Gasteiger partial charge is 0.246 e. The molecule has 3 fully saturated rings. The maximum absolute atomic E-state index is 13.1. The summed E-state index contributed by atoms with van der Waals surface area (Å²) in [4.78, 5) is 20.5. The highest BCUT2D eigenvalue weighted by molar-refractivity contribution is 5.91. The minimum Gasteiger partial charge on any atom is -0.465 e. The van der Waals surface area contributed by atoms with Crippen LogP contribution in [0.1, 0.15) is 63.5 Å². The van der Waals surface area contributed by atoms with Crippen LogP contribution in [-0.2, 0) is 4.79 Å². The molecule has 0 unspecified atom stereocenters. The van der Waals surface area contributed by atoms with E-state index in [1.807, 2.05) is 18.2 Å². The molecule has 30 heavy (non-hydrogen) atoms. The minimum atomic E-state index is 0.126. The van der Waals surface area contributed by atoms with Crippen molar-refractivity contribution in [3.05, 3.63) is 30.2 Å². The molecule has 1 saturated carbocycles. The maximum Gasteiger partial charge on any atom is 0.246 e. The molecule has 2 aliphatic heterocycles. The summed E-state index contributed by atoms with van der Waals surface area (Å²) in [7, 11) is 0. The van der Waals surface area contributed by atoms with Gasteiger partial charge in [-0.2, -0.15) is 0 Å². The van der Waals surface area contributed by atoms with Crippen molar-refractivity contribution in [2.45, 2.75) is 63.8 Å². The van der Waals surface area contributed by atoms with Crippen LogP contribution < -0.4 is 0 Å². The Kier molecular flexibility index (Phi) is 8.04. The lowest BCUT2D eigenvalue weighted by Gasteiger charge is -2.39. The normalized spacial score (nSPS) is 24.6. The molecule has 1 aromatic heterocycles. The molecule has 166 valence electrons. The highest BCUT2D eigenvalue weighted by atomic mass is 16.3. The summed E-state index contributed by atoms with van der Waals surface area (Å²) < 4.78 is 5.37. The number of furan rings is 1. The van der Waals surface area contributed by atoms with Crippen molar-refractivity contribution in [2.24, 2.45) is 5.92 Å². The highest BCUT2D eigenvalue weighted by Gasteiger charge is 2.29. The Morgan fingerprint density at radius 1 is 1.07 bits per heavy atom. The van der Waals surface area contributed by atoms with Gasteiger partial charge in [-0.25, -0.2) is 0 Å². The first-order valence-corrected chi connectivity index (χ1v) is 12.2. The number of carbonyl (C=O) groups excluding carboxylic acids is 1. The van der Waals surface area contributed by atoms with Crippen LogP contribution in [0.5, 0.6) is 0 Å². The van der Waals surface area contributed by atoms with Gasteiger partial charge in [-0.1, -0.05) is 19.3 Å². The SMILES string of the molecule is O=C(/C=C/c1ccco1)N(CCN1CCCCC1)C[C@@H]1CCCN(C2CCCC2)C1. The number of hydrogen-bond donors (Lipinski definition) is 0. The predicted molar refractivity (Wildman–Crippen MR) is 121 cm³/mol. The molecule has 3 heterocycles. The van der Waals surface area contributed by atoms with Crippen LogP contribution in [0.2, 0.25) is 0 Å². The van der Waals surface area contributed by atoms with E-state index < -0.39 is 0 Å². The Morgan fingerprint density at radius 3 is 2.67 bits per heavy atom. The fraction of sp³-hybridized carbons (Fsp3) is 0.720. The van der Waals surface area contributed by atoms with Gasteiger partial charge >= 0.3 is 0 Å². The van der Waals surface area contributed by atoms with E-state index in [2.05, 4.69) is 14.7 Å². The lowest BCUT2D eigenvalue weighted by Crippen LogP contribution is -2.47. The monoisotopic (exact) mass is 413 g/mol. The highest BCUT2D eigenvalue weighted by Crippen LogP contribution is 2.28. The first kappa shape index (κ1) is 21.6. The van der Waals surface area contributed by atoms with Crippen LogP contribution in [0, 0.1) is 5.92 Å². The van der Waals surface area contributed by atoms with Crippen LogP contribution in [0.4, 0.5) is 0 Å². The summed E-state index contributed by atoms with van der Waals surface area (Å²) in [5, 5.41) is 0. The van der Waals surface area contributed by atoms with Gasteiger partial charge in [0.05, 0.1) is 6.26 Å². The number of likely N-dealkylation sites (tertiary alicyclic amines) is 2. The molecule has 1 aromatic rings. The maximum atomic E-state index is 13.1. The largest absolute Gasteiger partial charge is 0.465 e. The molecule has 3 aliphatic rings. The molecule has 0 N–H and O–H groups in total. The summed E-state index contributed by atoms with van der Waals surface area (Å²) in [6, 6.07) is 4.55. The lowest BCUT2D eigenvalue weighted by molar-refractivity contribution is -0.127. The van der Waals surface area contributed by atoms with Gasteiger partial charge < -0.3 is 19.1 Å². The van der Waals surface area contributed by atoms with E-state index >= 15 is 0 Å². The van der Waals surface area contributed by atoms with Crippen molar-refractivity contribution in [1.29, 1.82) is 0 Å². The molecule has 0 radical (unpaired) electrons.